The van der Waals surface area contributed by atoms with Gasteiger partial charge in [0.05, 0.1) is 6.04 Å². The molecule has 2 aromatic rings. The summed E-state index contributed by atoms with van der Waals surface area (Å²) in [5.74, 6) is 0. The zero-order valence-corrected chi connectivity index (χ0v) is 11.9. The monoisotopic (exact) mass is 271 g/mol. The van der Waals surface area contributed by atoms with Crippen LogP contribution in [0.25, 0.3) is 0 Å². The molecule has 19 heavy (non-hydrogen) atoms. The summed E-state index contributed by atoms with van der Waals surface area (Å²) < 4.78 is 0. The molecule has 2 aromatic carbocycles. The summed E-state index contributed by atoms with van der Waals surface area (Å²) in [6.07, 6.45) is 3.66. The van der Waals surface area contributed by atoms with Gasteiger partial charge >= 0.3 is 0 Å². The predicted molar refractivity (Wildman–Crippen MR) is 80.7 cm³/mol. The standard InChI is InChI=1S/C17H18ClN/c1-11-5-6-15(10-16(11)18)17(19)14-8-7-12-3-2-4-13(12)9-14/h5-10,17H,2-4,19H2,1H3. The molecule has 0 saturated carbocycles. The Labute approximate surface area is 119 Å². The second-order valence-electron chi connectivity index (χ2n) is 5.37. The van der Waals surface area contributed by atoms with Gasteiger partial charge in [-0.25, -0.2) is 0 Å². The number of rotatable bonds is 2. The van der Waals surface area contributed by atoms with Crippen molar-refractivity contribution >= 4 is 11.6 Å². The Bertz CT molecular complexity index is 619. The Morgan fingerprint density at radius 2 is 1.68 bits per heavy atom. The zero-order valence-electron chi connectivity index (χ0n) is 11.1. The van der Waals surface area contributed by atoms with Gasteiger partial charge in [0, 0.05) is 5.02 Å². The largest absolute Gasteiger partial charge is 0.320 e. The fourth-order valence-electron chi connectivity index (χ4n) is 2.78. The first kappa shape index (κ1) is 12.7. The molecule has 1 atom stereocenters. The van der Waals surface area contributed by atoms with Crippen molar-refractivity contribution in [2.75, 3.05) is 0 Å². The Balaban J connectivity index is 1.94. The van der Waals surface area contributed by atoms with Gasteiger partial charge in [0.15, 0.2) is 0 Å². The van der Waals surface area contributed by atoms with Crippen LogP contribution in [-0.4, -0.2) is 0 Å². The lowest BCUT2D eigenvalue weighted by Crippen LogP contribution is -2.12. The lowest BCUT2D eigenvalue weighted by molar-refractivity contribution is 0.866. The van der Waals surface area contributed by atoms with Crippen LogP contribution >= 0.6 is 11.6 Å². The summed E-state index contributed by atoms with van der Waals surface area (Å²) in [6.45, 7) is 2.01. The minimum Gasteiger partial charge on any atom is -0.320 e. The number of fused-ring (bicyclic) bond motifs is 1. The van der Waals surface area contributed by atoms with E-state index in [1.54, 1.807) is 0 Å². The highest BCUT2D eigenvalue weighted by atomic mass is 35.5. The van der Waals surface area contributed by atoms with Crippen LogP contribution < -0.4 is 5.73 Å². The molecular weight excluding hydrogens is 254 g/mol. The van der Waals surface area contributed by atoms with E-state index in [0.717, 1.165) is 16.1 Å². The molecule has 0 fully saturated rings. The molecule has 0 aliphatic heterocycles. The van der Waals surface area contributed by atoms with E-state index in [0.29, 0.717) is 0 Å². The van der Waals surface area contributed by atoms with E-state index in [2.05, 4.69) is 24.3 Å². The normalized spacial score (nSPS) is 15.3. The van der Waals surface area contributed by atoms with E-state index in [9.17, 15) is 0 Å². The van der Waals surface area contributed by atoms with Gasteiger partial charge in [-0.3, -0.25) is 0 Å². The average molecular weight is 272 g/mol. The maximum Gasteiger partial charge on any atom is 0.0552 e. The highest BCUT2D eigenvalue weighted by Crippen LogP contribution is 2.28. The molecule has 2 heteroatoms. The number of hydrogen-bond donors (Lipinski definition) is 1. The Hall–Kier alpha value is -1.31. The topological polar surface area (TPSA) is 26.0 Å². The summed E-state index contributed by atoms with van der Waals surface area (Å²) in [5, 5.41) is 0.786. The van der Waals surface area contributed by atoms with Gasteiger partial charge in [0.1, 0.15) is 0 Å². The van der Waals surface area contributed by atoms with Crippen molar-refractivity contribution < 1.29 is 0 Å². The summed E-state index contributed by atoms with van der Waals surface area (Å²) in [5.41, 5.74) is 12.7. The maximum atomic E-state index is 6.37. The second kappa shape index (κ2) is 4.99. The lowest BCUT2D eigenvalue weighted by Gasteiger charge is -2.15. The summed E-state index contributed by atoms with van der Waals surface area (Å²) in [6, 6.07) is 12.6. The first-order valence-electron chi connectivity index (χ1n) is 6.78. The van der Waals surface area contributed by atoms with Crippen LogP contribution in [0.1, 0.15) is 40.3 Å². The van der Waals surface area contributed by atoms with Gasteiger partial charge in [-0.2, -0.15) is 0 Å². The third-order valence-corrected chi connectivity index (χ3v) is 4.44. The van der Waals surface area contributed by atoms with Crippen LogP contribution in [0.2, 0.25) is 5.02 Å². The van der Waals surface area contributed by atoms with Crippen molar-refractivity contribution in [3.05, 3.63) is 69.2 Å². The molecule has 98 valence electrons. The minimum atomic E-state index is -0.0935. The second-order valence-corrected chi connectivity index (χ2v) is 5.78. The molecule has 0 heterocycles. The quantitative estimate of drug-likeness (QED) is 0.871. The molecule has 0 radical (unpaired) electrons. The molecule has 1 aliphatic carbocycles. The average Bonchev–Trinajstić information content (AvgIpc) is 2.88. The molecule has 0 bridgehead atoms. The van der Waals surface area contributed by atoms with Crippen molar-refractivity contribution in [1.82, 2.24) is 0 Å². The van der Waals surface area contributed by atoms with Crippen LogP contribution in [0.15, 0.2) is 36.4 Å². The number of halogens is 1. The number of aryl methyl sites for hydroxylation is 3. The minimum absolute atomic E-state index is 0.0935. The van der Waals surface area contributed by atoms with Gasteiger partial charge in [0.25, 0.3) is 0 Å². The van der Waals surface area contributed by atoms with Crippen LogP contribution in [0.5, 0.6) is 0 Å². The van der Waals surface area contributed by atoms with Crippen molar-refractivity contribution in [1.29, 1.82) is 0 Å². The molecule has 0 amide bonds. The molecule has 1 nitrogen and oxygen atoms in total. The fraction of sp³-hybridized carbons (Fsp3) is 0.294. The van der Waals surface area contributed by atoms with Crippen molar-refractivity contribution in [3.63, 3.8) is 0 Å². The zero-order chi connectivity index (χ0) is 13.4. The lowest BCUT2D eigenvalue weighted by atomic mass is 9.96. The molecule has 1 unspecified atom stereocenters. The third kappa shape index (κ3) is 2.41. The number of benzene rings is 2. The van der Waals surface area contributed by atoms with Crippen LogP contribution in [0.3, 0.4) is 0 Å². The van der Waals surface area contributed by atoms with Crippen LogP contribution in [0.4, 0.5) is 0 Å². The van der Waals surface area contributed by atoms with E-state index in [-0.39, 0.29) is 6.04 Å². The maximum absolute atomic E-state index is 6.37. The fourth-order valence-corrected chi connectivity index (χ4v) is 2.97. The van der Waals surface area contributed by atoms with Gasteiger partial charge < -0.3 is 5.73 Å². The summed E-state index contributed by atoms with van der Waals surface area (Å²) in [4.78, 5) is 0. The van der Waals surface area contributed by atoms with E-state index in [1.165, 1.54) is 36.0 Å². The van der Waals surface area contributed by atoms with Crippen LogP contribution in [0, 0.1) is 6.92 Å². The molecule has 3 rings (SSSR count). The van der Waals surface area contributed by atoms with E-state index >= 15 is 0 Å². The van der Waals surface area contributed by atoms with Gasteiger partial charge in [-0.1, -0.05) is 41.9 Å². The Kier molecular flexibility index (Phi) is 3.34. The van der Waals surface area contributed by atoms with E-state index < -0.39 is 0 Å². The molecule has 2 N–H and O–H groups in total. The predicted octanol–water partition coefficient (Wildman–Crippen LogP) is 4.19. The first-order chi connectivity index (χ1) is 9.15. The van der Waals surface area contributed by atoms with Crippen LogP contribution in [-0.2, 0) is 12.8 Å². The third-order valence-electron chi connectivity index (χ3n) is 4.04. The smallest absolute Gasteiger partial charge is 0.0552 e. The first-order valence-corrected chi connectivity index (χ1v) is 7.16. The summed E-state index contributed by atoms with van der Waals surface area (Å²) in [7, 11) is 0. The molecular formula is C17H18ClN. The number of hydrogen-bond acceptors (Lipinski definition) is 1. The SMILES string of the molecule is Cc1ccc(C(N)c2ccc3c(c2)CCC3)cc1Cl. The van der Waals surface area contributed by atoms with Gasteiger partial charge in [-0.15, -0.1) is 0 Å². The van der Waals surface area contributed by atoms with Gasteiger partial charge in [-0.05, 0) is 60.1 Å². The van der Waals surface area contributed by atoms with E-state index in [1.807, 2.05) is 19.1 Å². The van der Waals surface area contributed by atoms with Gasteiger partial charge in [0.2, 0.25) is 0 Å². The molecule has 0 saturated heterocycles. The van der Waals surface area contributed by atoms with Crippen molar-refractivity contribution in [2.45, 2.75) is 32.2 Å². The highest BCUT2D eigenvalue weighted by Gasteiger charge is 2.15. The van der Waals surface area contributed by atoms with Crippen molar-refractivity contribution in [2.24, 2.45) is 5.73 Å². The molecule has 0 aromatic heterocycles. The summed E-state index contributed by atoms with van der Waals surface area (Å²) >= 11 is 6.18. The Morgan fingerprint density at radius 3 is 2.47 bits per heavy atom. The highest BCUT2D eigenvalue weighted by molar-refractivity contribution is 6.31. The number of nitrogens with two attached hydrogens (primary N) is 1. The molecule has 0 spiro atoms. The Morgan fingerprint density at radius 1 is 1.00 bits per heavy atom. The molecule has 1 aliphatic rings. The van der Waals surface area contributed by atoms with Crippen molar-refractivity contribution in [3.8, 4) is 0 Å². The van der Waals surface area contributed by atoms with E-state index in [4.69, 9.17) is 17.3 Å².